The molecule has 1 atom stereocenters. The van der Waals surface area contributed by atoms with Crippen molar-refractivity contribution in [3.8, 4) is 0 Å². The minimum absolute atomic E-state index is 0.126. The third kappa shape index (κ3) is 3.30. The number of aromatic nitrogens is 4. The van der Waals surface area contributed by atoms with E-state index in [-0.39, 0.29) is 12.0 Å². The minimum Gasteiger partial charge on any atom is -0.460 e. The van der Waals surface area contributed by atoms with E-state index in [1.54, 1.807) is 16.8 Å². The highest BCUT2D eigenvalue weighted by Gasteiger charge is 2.28. The standard InChI is InChI=1S/C17H16IN5O2/c18-13-4-1-3-12(9-13)16(24)25-10-14-5-2-8-22(14)15-6-7-19-17-20-11-21-23(15)17/h1,3-4,6-7,9,11,14H,2,5,8,10H2. The molecule has 128 valence electrons. The minimum atomic E-state index is -0.286. The molecule has 1 aliphatic rings. The van der Waals surface area contributed by atoms with Crippen molar-refractivity contribution in [1.82, 2.24) is 19.6 Å². The van der Waals surface area contributed by atoms with Crippen LogP contribution >= 0.6 is 22.6 Å². The van der Waals surface area contributed by atoms with Crippen LogP contribution in [-0.4, -0.2) is 44.7 Å². The van der Waals surface area contributed by atoms with Crippen LogP contribution in [-0.2, 0) is 4.74 Å². The Morgan fingerprint density at radius 3 is 3.12 bits per heavy atom. The lowest BCUT2D eigenvalue weighted by Gasteiger charge is -2.26. The molecule has 25 heavy (non-hydrogen) atoms. The molecule has 1 unspecified atom stereocenters. The van der Waals surface area contributed by atoms with Crippen LogP contribution < -0.4 is 4.90 Å². The predicted octanol–water partition coefficient (Wildman–Crippen LogP) is 2.55. The Hall–Kier alpha value is -2.23. The van der Waals surface area contributed by atoms with Crippen LogP contribution in [0.1, 0.15) is 23.2 Å². The average Bonchev–Trinajstić information content (AvgIpc) is 3.28. The number of anilines is 1. The molecule has 1 saturated heterocycles. The largest absolute Gasteiger partial charge is 0.460 e. The molecule has 0 aliphatic carbocycles. The van der Waals surface area contributed by atoms with Gasteiger partial charge in [-0.3, -0.25) is 0 Å². The molecule has 3 heterocycles. The second kappa shape index (κ2) is 6.95. The Balaban J connectivity index is 1.49. The van der Waals surface area contributed by atoms with Gasteiger partial charge >= 0.3 is 5.97 Å². The van der Waals surface area contributed by atoms with Gasteiger partial charge in [0.05, 0.1) is 11.6 Å². The van der Waals surface area contributed by atoms with Crippen LogP contribution in [0.2, 0.25) is 0 Å². The number of esters is 1. The molecule has 0 N–H and O–H groups in total. The Kier molecular flexibility index (Phi) is 4.51. The normalized spacial score (nSPS) is 17.2. The van der Waals surface area contributed by atoms with E-state index in [1.165, 1.54) is 6.33 Å². The molecular weight excluding hydrogens is 433 g/mol. The molecule has 0 amide bonds. The number of hydrogen-bond acceptors (Lipinski definition) is 6. The molecule has 2 aromatic heterocycles. The molecule has 7 nitrogen and oxygen atoms in total. The van der Waals surface area contributed by atoms with Crippen LogP contribution in [0.5, 0.6) is 0 Å². The monoisotopic (exact) mass is 449 g/mol. The van der Waals surface area contributed by atoms with Crippen molar-refractivity contribution in [2.45, 2.75) is 18.9 Å². The van der Waals surface area contributed by atoms with Gasteiger partial charge in [0.1, 0.15) is 18.8 Å². The zero-order chi connectivity index (χ0) is 17.2. The van der Waals surface area contributed by atoms with E-state index < -0.39 is 0 Å². The van der Waals surface area contributed by atoms with E-state index in [0.717, 1.165) is 28.8 Å². The molecule has 0 radical (unpaired) electrons. The summed E-state index contributed by atoms with van der Waals surface area (Å²) in [5.74, 6) is 1.21. The number of hydrogen-bond donors (Lipinski definition) is 0. The first kappa shape index (κ1) is 16.2. The zero-order valence-corrected chi connectivity index (χ0v) is 15.5. The number of fused-ring (bicyclic) bond motifs is 1. The van der Waals surface area contributed by atoms with E-state index in [9.17, 15) is 4.79 Å². The number of ether oxygens (including phenoxy) is 1. The maximum absolute atomic E-state index is 12.3. The Morgan fingerprint density at radius 1 is 1.32 bits per heavy atom. The van der Waals surface area contributed by atoms with Crippen molar-refractivity contribution in [1.29, 1.82) is 0 Å². The molecule has 1 fully saturated rings. The predicted molar refractivity (Wildman–Crippen MR) is 101 cm³/mol. The first-order chi connectivity index (χ1) is 12.2. The molecule has 4 rings (SSSR count). The molecule has 0 saturated carbocycles. The average molecular weight is 449 g/mol. The second-order valence-corrected chi connectivity index (χ2v) is 7.12. The van der Waals surface area contributed by atoms with Crippen molar-refractivity contribution < 1.29 is 9.53 Å². The van der Waals surface area contributed by atoms with Crippen molar-refractivity contribution >= 4 is 40.2 Å². The van der Waals surface area contributed by atoms with E-state index >= 15 is 0 Å². The van der Waals surface area contributed by atoms with Gasteiger partial charge in [-0.1, -0.05) is 6.07 Å². The topological polar surface area (TPSA) is 72.6 Å². The van der Waals surface area contributed by atoms with Gasteiger partial charge in [-0.05, 0) is 59.7 Å². The summed E-state index contributed by atoms with van der Waals surface area (Å²) in [7, 11) is 0. The third-order valence-corrected chi connectivity index (χ3v) is 4.97. The van der Waals surface area contributed by atoms with Crippen molar-refractivity contribution in [3.63, 3.8) is 0 Å². The van der Waals surface area contributed by atoms with E-state index in [4.69, 9.17) is 4.74 Å². The van der Waals surface area contributed by atoms with Gasteiger partial charge in [0.25, 0.3) is 5.78 Å². The second-order valence-electron chi connectivity index (χ2n) is 5.87. The Bertz CT molecular complexity index is 913. The van der Waals surface area contributed by atoms with Gasteiger partial charge < -0.3 is 9.64 Å². The first-order valence-electron chi connectivity index (χ1n) is 8.06. The van der Waals surface area contributed by atoms with Crippen LogP contribution in [0.25, 0.3) is 5.78 Å². The number of carbonyl (C=O) groups is 1. The van der Waals surface area contributed by atoms with Gasteiger partial charge in [0.2, 0.25) is 0 Å². The van der Waals surface area contributed by atoms with E-state index in [0.29, 0.717) is 17.9 Å². The van der Waals surface area contributed by atoms with Crippen molar-refractivity contribution in [2.24, 2.45) is 0 Å². The maximum Gasteiger partial charge on any atom is 0.338 e. The molecule has 0 spiro atoms. The zero-order valence-electron chi connectivity index (χ0n) is 13.4. The number of benzene rings is 1. The molecule has 1 aliphatic heterocycles. The lowest BCUT2D eigenvalue weighted by molar-refractivity contribution is 0.0482. The van der Waals surface area contributed by atoms with Gasteiger partial charge in [-0.15, -0.1) is 0 Å². The fourth-order valence-corrected chi connectivity index (χ4v) is 3.67. The van der Waals surface area contributed by atoms with Crippen LogP contribution in [0.15, 0.2) is 42.9 Å². The number of carbonyl (C=O) groups excluding carboxylic acids is 1. The summed E-state index contributed by atoms with van der Waals surface area (Å²) in [4.78, 5) is 22.8. The molecule has 1 aromatic carbocycles. The van der Waals surface area contributed by atoms with Gasteiger partial charge in [-0.25, -0.2) is 9.78 Å². The lowest BCUT2D eigenvalue weighted by Crippen LogP contribution is -2.35. The highest BCUT2D eigenvalue weighted by Crippen LogP contribution is 2.25. The molecule has 8 heteroatoms. The van der Waals surface area contributed by atoms with E-state index in [1.807, 2.05) is 24.3 Å². The molecular formula is C17H16IN5O2. The van der Waals surface area contributed by atoms with Crippen LogP contribution in [0.3, 0.4) is 0 Å². The van der Waals surface area contributed by atoms with Gasteiger partial charge in [-0.2, -0.15) is 14.6 Å². The smallest absolute Gasteiger partial charge is 0.338 e. The molecule has 0 bridgehead atoms. The van der Waals surface area contributed by atoms with Gasteiger partial charge in [0.15, 0.2) is 0 Å². The molecule has 3 aromatic rings. The number of rotatable bonds is 4. The van der Waals surface area contributed by atoms with Crippen LogP contribution in [0, 0.1) is 3.57 Å². The van der Waals surface area contributed by atoms with Crippen molar-refractivity contribution in [3.05, 3.63) is 52.0 Å². The summed E-state index contributed by atoms with van der Waals surface area (Å²) >= 11 is 2.19. The summed E-state index contributed by atoms with van der Waals surface area (Å²) in [5, 5.41) is 4.24. The summed E-state index contributed by atoms with van der Waals surface area (Å²) in [6.45, 7) is 1.24. The Labute approximate surface area is 158 Å². The highest BCUT2D eigenvalue weighted by molar-refractivity contribution is 14.1. The summed E-state index contributed by atoms with van der Waals surface area (Å²) < 4.78 is 8.30. The summed E-state index contributed by atoms with van der Waals surface area (Å²) in [5.41, 5.74) is 0.582. The number of nitrogens with zero attached hydrogens (tertiary/aromatic N) is 5. The maximum atomic E-state index is 12.3. The fraction of sp³-hybridized carbons (Fsp3) is 0.294. The first-order valence-corrected chi connectivity index (χ1v) is 9.14. The fourth-order valence-electron chi connectivity index (χ4n) is 3.12. The van der Waals surface area contributed by atoms with Crippen LogP contribution in [0.4, 0.5) is 5.82 Å². The lowest BCUT2D eigenvalue weighted by atomic mass is 10.2. The summed E-state index contributed by atoms with van der Waals surface area (Å²) in [6, 6.07) is 9.46. The Morgan fingerprint density at radius 2 is 2.24 bits per heavy atom. The summed E-state index contributed by atoms with van der Waals surface area (Å²) in [6.07, 6.45) is 5.24. The number of halogens is 1. The quantitative estimate of drug-likeness (QED) is 0.451. The third-order valence-electron chi connectivity index (χ3n) is 4.30. The van der Waals surface area contributed by atoms with E-state index in [2.05, 4.69) is 42.6 Å². The SMILES string of the molecule is O=C(OCC1CCCN1c1ccnc2ncnn12)c1cccc(I)c1. The van der Waals surface area contributed by atoms with Gasteiger partial charge in [0, 0.05) is 16.3 Å². The highest BCUT2D eigenvalue weighted by atomic mass is 127. The van der Waals surface area contributed by atoms with Crippen molar-refractivity contribution in [2.75, 3.05) is 18.1 Å².